The Kier molecular flexibility index (Phi) is 9.26. The molecule has 0 aliphatic heterocycles. The molecule has 2 heterocycles. The van der Waals surface area contributed by atoms with Crippen LogP contribution in [0.25, 0.3) is 11.0 Å². The highest BCUT2D eigenvalue weighted by Crippen LogP contribution is 2.31. The fourth-order valence-electron chi connectivity index (χ4n) is 3.96. The van der Waals surface area contributed by atoms with Gasteiger partial charge in [0.15, 0.2) is 0 Å². The third kappa shape index (κ3) is 7.13. The topological polar surface area (TPSA) is 78.8 Å². The van der Waals surface area contributed by atoms with E-state index in [4.69, 9.17) is 25.5 Å². The molecule has 0 aliphatic rings. The van der Waals surface area contributed by atoms with Gasteiger partial charge in [-0.1, -0.05) is 18.0 Å². The first-order chi connectivity index (χ1) is 17.8. The Labute approximate surface area is 234 Å². The molecule has 0 aliphatic carbocycles. The highest BCUT2D eigenvalue weighted by molar-refractivity contribution is 14.1. The highest BCUT2D eigenvalue weighted by Gasteiger charge is 2.14. The maximum absolute atomic E-state index is 11.6. The first kappa shape index (κ1) is 27.2. The van der Waals surface area contributed by atoms with E-state index in [2.05, 4.69) is 32.7 Å². The van der Waals surface area contributed by atoms with Gasteiger partial charge >= 0.3 is 5.63 Å². The van der Waals surface area contributed by atoms with Crippen LogP contribution in [-0.4, -0.2) is 29.1 Å². The normalized spacial score (nSPS) is 11.5. The molecule has 0 bridgehead atoms. The van der Waals surface area contributed by atoms with Crippen LogP contribution < -0.4 is 15.1 Å². The smallest absolute Gasteiger partial charge is 0.336 e. The van der Waals surface area contributed by atoms with E-state index in [1.165, 1.54) is 6.07 Å². The predicted molar refractivity (Wildman–Crippen MR) is 156 cm³/mol. The summed E-state index contributed by atoms with van der Waals surface area (Å²) in [7, 11) is 1.87. The second kappa shape index (κ2) is 12.6. The van der Waals surface area contributed by atoms with E-state index in [9.17, 15) is 4.79 Å². The number of rotatable bonds is 11. The van der Waals surface area contributed by atoms with Gasteiger partial charge in [0.1, 0.15) is 17.1 Å². The second-order valence-corrected chi connectivity index (χ2v) is 10.5. The number of hydrogen-bond acceptors (Lipinski definition) is 6. The molecule has 0 spiro atoms. The fraction of sp³-hybridized carbons (Fsp3) is 0.321. The number of aryl methyl sites for hydroxylation is 3. The van der Waals surface area contributed by atoms with Crippen molar-refractivity contribution in [3.8, 4) is 17.4 Å². The summed E-state index contributed by atoms with van der Waals surface area (Å²) < 4.78 is 20.1. The second-order valence-electron chi connectivity index (χ2n) is 8.81. The first-order valence-corrected chi connectivity index (χ1v) is 13.6. The quantitative estimate of drug-likeness (QED) is 0.0753. The summed E-state index contributed by atoms with van der Waals surface area (Å²) in [5, 5.41) is 5.81. The summed E-state index contributed by atoms with van der Waals surface area (Å²) in [6, 6.07) is 12.8. The van der Waals surface area contributed by atoms with Gasteiger partial charge in [0.25, 0.3) is 0 Å². The van der Waals surface area contributed by atoms with Crippen molar-refractivity contribution in [2.24, 2.45) is 12.0 Å². The monoisotopic (exact) mass is 633 g/mol. The van der Waals surface area contributed by atoms with E-state index in [1.54, 1.807) is 16.8 Å². The van der Waals surface area contributed by atoms with Crippen molar-refractivity contribution in [3.63, 3.8) is 0 Å². The Morgan fingerprint density at radius 3 is 2.65 bits per heavy atom. The minimum absolute atomic E-state index is 0.380. The number of unbranched alkanes of at least 4 members (excludes halogenated alkanes) is 3. The average molecular weight is 634 g/mol. The van der Waals surface area contributed by atoms with E-state index in [-0.39, 0.29) is 5.63 Å². The van der Waals surface area contributed by atoms with Gasteiger partial charge in [-0.05, 0) is 91.6 Å². The Bertz CT molecular complexity index is 1460. The van der Waals surface area contributed by atoms with Crippen molar-refractivity contribution in [2.45, 2.75) is 39.5 Å². The molecule has 0 unspecified atom stereocenters. The number of nitrogens with zero attached hydrogens (tertiary/aromatic N) is 3. The van der Waals surface area contributed by atoms with Gasteiger partial charge in [-0.3, -0.25) is 4.99 Å². The summed E-state index contributed by atoms with van der Waals surface area (Å²) in [6.45, 7) is 5.08. The van der Waals surface area contributed by atoms with Gasteiger partial charge in [-0.15, -0.1) is 0 Å². The molecule has 0 amide bonds. The van der Waals surface area contributed by atoms with Crippen molar-refractivity contribution >= 4 is 51.4 Å². The molecule has 0 saturated carbocycles. The first-order valence-electron chi connectivity index (χ1n) is 12.2. The van der Waals surface area contributed by atoms with Crippen molar-refractivity contribution in [1.82, 2.24) is 9.78 Å². The third-order valence-corrected chi connectivity index (χ3v) is 6.92. The molecule has 4 rings (SSSR count). The van der Waals surface area contributed by atoms with Gasteiger partial charge in [0.05, 0.1) is 22.9 Å². The van der Waals surface area contributed by atoms with Crippen LogP contribution in [0, 0.1) is 17.4 Å². The summed E-state index contributed by atoms with van der Waals surface area (Å²) in [4.78, 5) is 16.3. The lowest BCUT2D eigenvalue weighted by molar-refractivity contribution is 0.305. The van der Waals surface area contributed by atoms with Gasteiger partial charge in [-0.25, -0.2) is 9.48 Å². The van der Waals surface area contributed by atoms with Crippen LogP contribution >= 0.6 is 34.2 Å². The number of aliphatic imine (C=N–C) groups is 1. The van der Waals surface area contributed by atoms with Gasteiger partial charge < -0.3 is 13.9 Å². The zero-order valence-electron chi connectivity index (χ0n) is 21.1. The largest absolute Gasteiger partial charge is 0.492 e. The molecule has 2 aromatic heterocycles. The van der Waals surface area contributed by atoms with E-state index < -0.39 is 0 Å². The lowest BCUT2D eigenvalue weighted by Gasteiger charge is -2.09. The van der Waals surface area contributed by atoms with Crippen molar-refractivity contribution in [2.75, 3.05) is 13.2 Å². The summed E-state index contributed by atoms with van der Waals surface area (Å²) in [6.07, 6.45) is 5.78. The van der Waals surface area contributed by atoms with Gasteiger partial charge in [-0.2, -0.15) is 5.10 Å². The van der Waals surface area contributed by atoms with Crippen LogP contribution in [-0.2, 0) is 7.05 Å². The minimum atomic E-state index is -0.380. The molecule has 7 nitrogen and oxygen atoms in total. The van der Waals surface area contributed by atoms with Crippen molar-refractivity contribution in [1.29, 1.82) is 0 Å². The van der Waals surface area contributed by atoms with Crippen LogP contribution in [0.4, 0.5) is 0 Å². The lowest BCUT2D eigenvalue weighted by atomic mass is 10.1. The van der Waals surface area contributed by atoms with E-state index in [1.807, 2.05) is 51.4 Å². The number of benzene rings is 2. The molecule has 2 aromatic carbocycles. The maximum atomic E-state index is 11.6. The molecular formula is C28H29ClIN3O4. The summed E-state index contributed by atoms with van der Waals surface area (Å²) >= 11 is 8.63. The molecular weight excluding hydrogens is 605 g/mol. The number of hydrogen-bond donors (Lipinski definition) is 0. The molecule has 0 fully saturated rings. The summed E-state index contributed by atoms with van der Waals surface area (Å²) in [5.74, 6) is 1.98. The summed E-state index contributed by atoms with van der Waals surface area (Å²) in [5.41, 5.74) is 2.71. The zero-order valence-corrected chi connectivity index (χ0v) is 24.0. The molecule has 37 heavy (non-hydrogen) atoms. The maximum Gasteiger partial charge on any atom is 0.336 e. The third-order valence-electron chi connectivity index (χ3n) is 5.91. The lowest BCUT2D eigenvalue weighted by Crippen LogP contribution is -2.01. The number of ether oxygens (including phenoxy) is 2. The van der Waals surface area contributed by atoms with Gasteiger partial charge in [0.2, 0.25) is 5.88 Å². The van der Waals surface area contributed by atoms with Crippen LogP contribution in [0.2, 0.25) is 5.02 Å². The molecule has 0 saturated heterocycles. The standard InChI is InChI=1S/C28H29ClIN3O4/c1-18-14-27(34)37-25-16-26(24(29)15-22(18)25)35-13-7-5-4-6-12-31-17-23-19(2)32-33(3)28(23)36-21-10-8-20(30)9-11-21/h8-11,14-17H,4-7,12-13H2,1-3H3. The Morgan fingerprint density at radius 1 is 1.11 bits per heavy atom. The Hall–Kier alpha value is -2.85. The van der Waals surface area contributed by atoms with Crippen LogP contribution in [0.5, 0.6) is 17.4 Å². The molecule has 4 aromatic rings. The molecule has 0 radical (unpaired) electrons. The van der Waals surface area contributed by atoms with E-state index in [0.29, 0.717) is 28.8 Å². The van der Waals surface area contributed by atoms with Crippen molar-refractivity contribution in [3.05, 3.63) is 78.3 Å². The van der Waals surface area contributed by atoms with E-state index >= 15 is 0 Å². The molecule has 0 atom stereocenters. The van der Waals surface area contributed by atoms with Crippen LogP contribution in [0.1, 0.15) is 42.5 Å². The molecule has 9 heteroatoms. The minimum Gasteiger partial charge on any atom is -0.492 e. The van der Waals surface area contributed by atoms with Gasteiger partial charge in [0, 0.05) is 40.9 Å². The fourth-order valence-corrected chi connectivity index (χ4v) is 4.54. The number of fused-ring (bicyclic) bond motifs is 1. The molecule has 194 valence electrons. The Balaban J connectivity index is 1.21. The SMILES string of the molecule is Cc1nn(C)c(Oc2ccc(I)cc2)c1C=NCCCCCCOc1cc2oc(=O)cc(C)c2cc1Cl. The average Bonchev–Trinajstić information content (AvgIpc) is 3.12. The molecule has 0 N–H and O–H groups in total. The van der Waals surface area contributed by atoms with Crippen LogP contribution in [0.15, 0.2) is 56.7 Å². The number of aromatic nitrogens is 2. The number of halogens is 2. The highest BCUT2D eigenvalue weighted by atomic mass is 127. The van der Waals surface area contributed by atoms with Crippen molar-refractivity contribution < 1.29 is 13.9 Å². The van der Waals surface area contributed by atoms with E-state index in [0.717, 1.165) is 63.8 Å². The van der Waals surface area contributed by atoms with Crippen LogP contribution in [0.3, 0.4) is 0 Å². The Morgan fingerprint density at radius 2 is 1.86 bits per heavy atom. The zero-order chi connectivity index (χ0) is 26.4. The predicted octanol–water partition coefficient (Wildman–Crippen LogP) is 7.25.